The van der Waals surface area contributed by atoms with Gasteiger partial charge < -0.3 is 20.3 Å². The van der Waals surface area contributed by atoms with Crippen LogP contribution in [0, 0.1) is 17.8 Å². The Kier molecular flexibility index (Phi) is 7.02. The summed E-state index contributed by atoms with van der Waals surface area (Å²) in [5.74, 6) is 0.912. The molecule has 3 N–H and O–H groups in total. The molecule has 0 amide bonds. The molecular formula is C22H30F3N3O4. The Labute approximate surface area is 184 Å². The molecule has 0 aromatic carbocycles. The molecule has 3 fully saturated rings. The van der Waals surface area contributed by atoms with Gasteiger partial charge in [0.1, 0.15) is 24.1 Å². The van der Waals surface area contributed by atoms with Crippen LogP contribution in [0.25, 0.3) is 0 Å². The van der Waals surface area contributed by atoms with E-state index >= 15 is 0 Å². The molecule has 1 saturated heterocycles. The summed E-state index contributed by atoms with van der Waals surface area (Å²) >= 11 is 0. The zero-order chi connectivity index (χ0) is 22.9. The van der Waals surface area contributed by atoms with E-state index in [1.165, 1.54) is 25.7 Å². The number of hydrogen-bond donors (Lipinski definition) is 3. The van der Waals surface area contributed by atoms with Crippen molar-refractivity contribution in [2.45, 2.75) is 81.9 Å². The molecular weight excluding hydrogens is 427 g/mol. The number of rotatable bonds is 6. The molecule has 1 aromatic heterocycles. The summed E-state index contributed by atoms with van der Waals surface area (Å²) in [5, 5.41) is 23.7. The Hall–Kier alpha value is -1.78. The highest BCUT2D eigenvalue weighted by Gasteiger charge is 2.44. The molecule has 0 spiro atoms. The summed E-state index contributed by atoms with van der Waals surface area (Å²) in [6.07, 6.45) is 1.77. The third kappa shape index (κ3) is 5.23. The van der Waals surface area contributed by atoms with E-state index < -0.39 is 36.2 Å². The maximum Gasteiger partial charge on any atom is 0.434 e. The van der Waals surface area contributed by atoms with E-state index in [0.717, 1.165) is 37.8 Å². The number of ether oxygens (including phenoxy) is 1. The van der Waals surface area contributed by atoms with Gasteiger partial charge in [-0.1, -0.05) is 19.3 Å². The summed E-state index contributed by atoms with van der Waals surface area (Å²) in [6.45, 7) is -0.149. The van der Waals surface area contributed by atoms with Gasteiger partial charge in [-0.3, -0.25) is 9.78 Å². The van der Waals surface area contributed by atoms with Crippen molar-refractivity contribution in [2.75, 3.05) is 11.9 Å². The van der Waals surface area contributed by atoms with Gasteiger partial charge in [-0.15, -0.1) is 0 Å². The molecule has 3 aliphatic rings. The number of halogens is 3. The second-order valence-corrected chi connectivity index (χ2v) is 9.43. The quantitative estimate of drug-likeness (QED) is 0.603. The van der Waals surface area contributed by atoms with Crippen LogP contribution in [0.3, 0.4) is 0 Å². The van der Waals surface area contributed by atoms with Crippen LogP contribution in [0.1, 0.15) is 57.1 Å². The lowest BCUT2D eigenvalue weighted by Crippen LogP contribution is -2.59. The number of aliphatic hydroxyl groups is 2. The maximum absolute atomic E-state index is 13.0. The lowest BCUT2D eigenvalue weighted by atomic mass is 9.71. The summed E-state index contributed by atoms with van der Waals surface area (Å²) in [4.78, 5) is 19.9. The number of Topliss-reactive ketones (excluding diaryl/α,β-unsaturated/α-hetero) is 1. The predicted octanol–water partition coefficient (Wildman–Crippen LogP) is 2.96. The van der Waals surface area contributed by atoms with Crippen molar-refractivity contribution in [1.82, 2.24) is 9.97 Å². The number of aliphatic hydroxyl groups excluding tert-OH is 2. The largest absolute Gasteiger partial charge is 0.434 e. The lowest BCUT2D eigenvalue weighted by Gasteiger charge is -2.39. The Morgan fingerprint density at radius 2 is 1.75 bits per heavy atom. The van der Waals surface area contributed by atoms with E-state index in [0.29, 0.717) is 12.1 Å². The smallest absolute Gasteiger partial charge is 0.388 e. The highest BCUT2D eigenvalue weighted by atomic mass is 19.4. The normalized spacial score (nSPS) is 34.0. The Balaban J connectivity index is 1.30. The van der Waals surface area contributed by atoms with Crippen molar-refractivity contribution in [3.8, 4) is 0 Å². The van der Waals surface area contributed by atoms with Gasteiger partial charge in [-0.05, 0) is 43.9 Å². The van der Waals surface area contributed by atoms with E-state index in [1.807, 2.05) is 0 Å². The molecule has 2 saturated carbocycles. The van der Waals surface area contributed by atoms with Crippen LogP contribution < -0.4 is 5.32 Å². The van der Waals surface area contributed by atoms with Crippen LogP contribution in [0.5, 0.6) is 0 Å². The van der Waals surface area contributed by atoms with E-state index in [9.17, 15) is 28.2 Å². The van der Waals surface area contributed by atoms with Crippen LogP contribution in [-0.2, 0) is 15.7 Å². The minimum Gasteiger partial charge on any atom is -0.388 e. The van der Waals surface area contributed by atoms with Gasteiger partial charge in [0.2, 0.25) is 0 Å². The Bertz CT molecular complexity index is 797. The summed E-state index contributed by atoms with van der Waals surface area (Å²) in [7, 11) is 0. The van der Waals surface area contributed by atoms with Crippen molar-refractivity contribution in [2.24, 2.45) is 17.8 Å². The van der Waals surface area contributed by atoms with Crippen LogP contribution >= 0.6 is 0 Å². The highest BCUT2D eigenvalue weighted by molar-refractivity contribution is 5.86. The Morgan fingerprint density at radius 1 is 1.06 bits per heavy atom. The molecule has 4 atom stereocenters. The lowest BCUT2D eigenvalue weighted by molar-refractivity contribution is -0.167. The molecule has 32 heavy (non-hydrogen) atoms. The number of carbonyl (C=O) groups excluding carboxylic acids is 1. The number of ketones is 1. The number of alkyl halides is 3. The van der Waals surface area contributed by atoms with Crippen LogP contribution in [0.2, 0.25) is 0 Å². The fourth-order valence-electron chi connectivity index (χ4n) is 5.08. The van der Waals surface area contributed by atoms with Gasteiger partial charge in [0.15, 0.2) is 11.5 Å². The van der Waals surface area contributed by atoms with Gasteiger partial charge in [-0.2, -0.15) is 13.2 Å². The number of carbonyl (C=O) groups is 1. The van der Waals surface area contributed by atoms with Crippen molar-refractivity contribution in [3.05, 3.63) is 18.1 Å². The molecule has 4 rings (SSSR count). The zero-order valence-corrected chi connectivity index (χ0v) is 17.8. The van der Waals surface area contributed by atoms with E-state index in [2.05, 4.69) is 15.3 Å². The molecule has 2 aliphatic carbocycles. The van der Waals surface area contributed by atoms with Gasteiger partial charge in [0.25, 0.3) is 0 Å². The first kappa shape index (κ1) is 23.4. The summed E-state index contributed by atoms with van der Waals surface area (Å²) in [5.41, 5.74) is -1.17. The fraction of sp³-hybridized carbons (Fsp3) is 0.773. The molecule has 1 aromatic rings. The minimum atomic E-state index is -4.65. The molecule has 0 radical (unpaired) electrons. The number of aromatic nitrogens is 2. The summed E-state index contributed by atoms with van der Waals surface area (Å²) in [6, 6.07) is -0.926. The highest BCUT2D eigenvalue weighted by Crippen LogP contribution is 2.39. The van der Waals surface area contributed by atoms with Crippen LogP contribution in [-0.4, -0.2) is 56.9 Å². The average molecular weight is 457 g/mol. The summed E-state index contributed by atoms with van der Waals surface area (Å²) < 4.78 is 44.1. The topological polar surface area (TPSA) is 105 Å². The third-order valence-electron chi connectivity index (χ3n) is 7.21. The fourth-order valence-corrected chi connectivity index (χ4v) is 5.08. The molecule has 7 nitrogen and oxygen atoms in total. The number of nitrogens with one attached hydrogen (secondary N) is 1. The zero-order valence-electron chi connectivity index (χ0n) is 17.8. The standard InChI is InChI=1S/C22H30F3N3O4/c23-22(24,25)16-9-26-10-17(28-16)27-15-11-32-21(20(31)19(15)30)18(29)14-6-4-13(5-7-14)8-12-2-1-3-12/h9-10,12-15,19-21,30-31H,1-8,11H2,(H,27,28)/t13?,14?,15-,19+,20+,21?/m0/s1. The first-order valence-electron chi connectivity index (χ1n) is 11.4. The van der Waals surface area contributed by atoms with Gasteiger partial charge in [0, 0.05) is 5.92 Å². The second-order valence-electron chi connectivity index (χ2n) is 9.43. The average Bonchev–Trinajstić information content (AvgIpc) is 2.74. The van der Waals surface area contributed by atoms with Crippen molar-refractivity contribution in [1.29, 1.82) is 0 Å². The number of anilines is 1. The first-order chi connectivity index (χ1) is 15.2. The molecule has 2 heterocycles. The Morgan fingerprint density at radius 3 is 2.38 bits per heavy atom. The molecule has 1 aliphatic heterocycles. The predicted molar refractivity (Wildman–Crippen MR) is 109 cm³/mol. The third-order valence-corrected chi connectivity index (χ3v) is 7.21. The van der Waals surface area contributed by atoms with Crippen molar-refractivity contribution < 1.29 is 32.9 Å². The van der Waals surface area contributed by atoms with Gasteiger partial charge in [-0.25, -0.2) is 4.98 Å². The van der Waals surface area contributed by atoms with E-state index in [4.69, 9.17) is 4.74 Å². The van der Waals surface area contributed by atoms with E-state index in [-0.39, 0.29) is 24.1 Å². The van der Waals surface area contributed by atoms with Crippen LogP contribution in [0.4, 0.5) is 19.0 Å². The maximum atomic E-state index is 13.0. The van der Waals surface area contributed by atoms with Gasteiger partial charge >= 0.3 is 6.18 Å². The second kappa shape index (κ2) is 9.61. The number of hydrogen-bond acceptors (Lipinski definition) is 7. The SMILES string of the molecule is O=C(C1CCC(CC2CCC2)CC1)C1OC[C@H](Nc2cncc(C(F)(F)F)n2)[C@@H](O)[C@H]1O. The first-order valence-corrected chi connectivity index (χ1v) is 11.4. The van der Waals surface area contributed by atoms with Crippen molar-refractivity contribution >= 4 is 11.6 Å². The molecule has 10 heteroatoms. The van der Waals surface area contributed by atoms with Crippen molar-refractivity contribution in [3.63, 3.8) is 0 Å². The number of nitrogens with zero attached hydrogens (tertiary/aromatic N) is 2. The monoisotopic (exact) mass is 457 g/mol. The van der Waals surface area contributed by atoms with E-state index in [1.54, 1.807) is 0 Å². The van der Waals surface area contributed by atoms with Gasteiger partial charge in [0.05, 0.1) is 25.0 Å². The van der Waals surface area contributed by atoms with Crippen LogP contribution in [0.15, 0.2) is 12.4 Å². The molecule has 1 unspecified atom stereocenters. The minimum absolute atomic E-state index is 0.149. The molecule has 178 valence electrons. The molecule has 0 bridgehead atoms.